The van der Waals surface area contributed by atoms with Gasteiger partial charge in [-0.3, -0.25) is 4.79 Å². The minimum absolute atomic E-state index is 0.0628. The molecule has 1 amide bonds. The van der Waals surface area contributed by atoms with Gasteiger partial charge in [0.25, 0.3) is 0 Å². The van der Waals surface area contributed by atoms with Gasteiger partial charge < -0.3 is 30.0 Å². The Bertz CT molecular complexity index is 1410. The van der Waals surface area contributed by atoms with Crippen LogP contribution in [0.2, 0.25) is 0 Å². The van der Waals surface area contributed by atoms with Gasteiger partial charge in [-0.25, -0.2) is 9.18 Å². The van der Waals surface area contributed by atoms with Crippen LogP contribution in [0, 0.1) is 12.7 Å². The Labute approximate surface area is 246 Å². The first kappa shape index (κ1) is 30.7. The fraction of sp³-hybridized carbons (Fsp3) is 0.394. The first-order valence-electron chi connectivity index (χ1n) is 14.1. The molecule has 3 aromatic carbocycles. The molecular weight excluding hydrogens is 539 g/mol. The molecule has 0 unspecified atom stereocenters. The fourth-order valence-electron chi connectivity index (χ4n) is 5.07. The second kappa shape index (κ2) is 13.1. The molecule has 8 nitrogen and oxygen atoms in total. The van der Waals surface area contributed by atoms with E-state index in [1.54, 1.807) is 23.1 Å². The molecule has 0 spiro atoms. The highest BCUT2D eigenvalue weighted by Gasteiger charge is 2.32. The van der Waals surface area contributed by atoms with Gasteiger partial charge in [-0.05, 0) is 87.4 Å². The van der Waals surface area contributed by atoms with Crippen LogP contribution < -0.4 is 15.2 Å². The maximum atomic E-state index is 14.4. The number of carboxylic acid groups (broad SMARTS) is 1. The number of likely N-dealkylation sites (tertiary alicyclic amines) is 1. The van der Waals surface area contributed by atoms with Crippen LogP contribution in [0.25, 0.3) is 11.1 Å². The van der Waals surface area contributed by atoms with Crippen LogP contribution in [0.15, 0.2) is 54.6 Å². The Morgan fingerprint density at radius 3 is 2.55 bits per heavy atom. The van der Waals surface area contributed by atoms with Crippen molar-refractivity contribution < 1.29 is 33.3 Å². The number of hydrogen-bond donors (Lipinski definition) is 2. The summed E-state index contributed by atoms with van der Waals surface area (Å²) >= 11 is 0. The molecule has 0 aliphatic carbocycles. The van der Waals surface area contributed by atoms with Crippen LogP contribution in [-0.4, -0.2) is 46.9 Å². The molecule has 0 aromatic heterocycles. The zero-order valence-corrected chi connectivity index (χ0v) is 24.6. The van der Waals surface area contributed by atoms with Gasteiger partial charge in [0.1, 0.15) is 36.1 Å². The quantitative estimate of drug-likeness (QED) is 0.256. The molecule has 224 valence electrons. The average Bonchev–Trinajstić information content (AvgIpc) is 3.38. The molecule has 1 atom stereocenters. The van der Waals surface area contributed by atoms with E-state index in [0.717, 1.165) is 35.1 Å². The van der Waals surface area contributed by atoms with Gasteiger partial charge in [-0.2, -0.15) is 0 Å². The number of ether oxygens (including phenoxy) is 3. The van der Waals surface area contributed by atoms with Crippen molar-refractivity contribution in [2.24, 2.45) is 0 Å². The zero-order valence-electron chi connectivity index (χ0n) is 24.6. The highest BCUT2D eigenvalue weighted by molar-refractivity contribution is 5.81. The molecule has 3 aromatic rings. The van der Waals surface area contributed by atoms with Crippen molar-refractivity contribution in [3.8, 4) is 22.6 Å². The number of halogens is 1. The lowest BCUT2D eigenvalue weighted by Crippen LogP contribution is -2.42. The van der Waals surface area contributed by atoms with E-state index < -0.39 is 17.4 Å². The molecule has 1 aliphatic rings. The monoisotopic (exact) mass is 578 g/mol. The Morgan fingerprint density at radius 2 is 1.86 bits per heavy atom. The van der Waals surface area contributed by atoms with Gasteiger partial charge in [0, 0.05) is 36.3 Å². The summed E-state index contributed by atoms with van der Waals surface area (Å²) in [7, 11) is 0. The topological polar surface area (TPSA) is 111 Å². The third-order valence-corrected chi connectivity index (χ3v) is 7.04. The lowest BCUT2D eigenvalue weighted by molar-refractivity contribution is -0.136. The van der Waals surface area contributed by atoms with Crippen molar-refractivity contribution in [3.05, 3.63) is 77.1 Å². The van der Waals surface area contributed by atoms with Crippen molar-refractivity contribution in [2.75, 3.05) is 18.9 Å². The predicted octanol–water partition coefficient (Wildman–Crippen LogP) is 6.76. The lowest BCUT2D eigenvalue weighted by Gasteiger charge is -2.28. The predicted molar refractivity (Wildman–Crippen MR) is 159 cm³/mol. The van der Waals surface area contributed by atoms with Gasteiger partial charge in [-0.1, -0.05) is 24.3 Å². The van der Waals surface area contributed by atoms with Crippen molar-refractivity contribution in [3.63, 3.8) is 0 Å². The van der Waals surface area contributed by atoms with Gasteiger partial charge in [0.15, 0.2) is 0 Å². The highest BCUT2D eigenvalue weighted by atomic mass is 19.1. The summed E-state index contributed by atoms with van der Waals surface area (Å²) in [6.45, 7) is 8.76. The van der Waals surface area contributed by atoms with Gasteiger partial charge >= 0.3 is 12.1 Å². The van der Waals surface area contributed by atoms with E-state index in [1.807, 2.05) is 58.0 Å². The molecule has 1 aliphatic heterocycles. The highest BCUT2D eigenvalue weighted by Crippen LogP contribution is 2.34. The Hall–Kier alpha value is -4.27. The molecule has 4 rings (SSSR count). The van der Waals surface area contributed by atoms with Crippen LogP contribution in [0.5, 0.6) is 11.5 Å². The molecule has 1 heterocycles. The molecule has 3 N–H and O–H groups in total. The van der Waals surface area contributed by atoms with Crippen LogP contribution in [0.1, 0.15) is 56.7 Å². The molecule has 0 bridgehead atoms. The number of aryl methyl sites for hydroxylation is 2. The van der Waals surface area contributed by atoms with Crippen LogP contribution in [0.3, 0.4) is 0 Å². The van der Waals surface area contributed by atoms with E-state index in [0.29, 0.717) is 35.9 Å². The Kier molecular flexibility index (Phi) is 9.60. The van der Waals surface area contributed by atoms with E-state index in [9.17, 15) is 14.0 Å². The number of nitrogens with zero attached hydrogens (tertiary/aromatic N) is 1. The lowest BCUT2D eigenvalue weighted by atomic mass is 9.97. The summed E-state index contributed by atoms with van der Waals surface area (Å²) in [4.78, 5) is 25.1. The summed E-state index contributed by atoms with van der Waals surface area (Å²) in [6, 6.07) is 15.9. The molecule has 9 heteroatoms. The van der Waals surface area contributed by atoms with Crippen molar-refractivity contribution in [1.82, 2.24) is 4.90 Å². The first-order valence-corrected chi connectivity index (χ1v) is 14.1. The van der Waals surface area contributed by atoms with Crippen molar-refractivity contribution in [2.45, 2.75) is 71.6 Å². The van der Waals surface area contributed by atoms with E-state index in [2.05, 4.69) is 0 Å². The van der Waals surface area contributed by atoms with Crippen LogP contribution in [0.4, 0.5) is 14.9 Å². The summed E-state index contributed by atoms with van der Waals surface area (Å²) < 4.78 is 31.8. The number of rotatable bonds is 10. The number of carboxylic acids is 1. The summed E-state index contributed by atoms with van der Waals surface area (Å²) in [6.07, 6.45) is 1.43. The molecule has 42 heavy (non-hydrogen) atoms. The number of carbonyl (C=O) groups is 2. The van der Waals surface area contributed by atoms with Crippen molar-refractivity contribution >= 4 is 17.7 Å². The average molecular weight is 579 g/mol. The first-order chi connectivity index (χ1) is 19.9. The third kappa shape index (κ3) is 8.15. The number of hydrogen-bond acceptors (Lipinski definition) is 6. The SMILES string of the molecule is Cc1cc(OC[C@@H]2CCCN2C(=O)OC(C)(C)C)cc(N)c1-c1cccc(COc2ccc(CCC(=O)O)c(F)c2)c1. The molecule has 1 fully saturated rings. The number of nitrogen functional groups attached to an aromatic ring is 1. The van der Waals surface area contributed by atoms with E-state index in [4.69, 9.17) is 25.1 Å². The van der Waals surface area contributed by atoms with Crippen molar-refractivity contribution in [1.29, 1.82) is 0 Å². The second-order valence-corrected chi connectivity index (χ2v) is 11.6. The normalized spacial score (nSPS) is 15.0. The maximum absolute atomic E-state index is 14.4. The summed E-state index contributed by atoms with van der Waals surface area (Å²) in [5, 5.41) is 8.82. The number of anilines is 1. The maximum Gasteiger partial charge on any atom is 0.410 e. The van der Waals surface area contributed by atoms with Gasteiger partial charge in [-0.15, -0.1) is 0 Å². The molecule has 0 radical (unpaired) electrons. The number of nitrogens with two attached hydrogens (primary N) is 1. The van der Waals surface area contributed by atoms with E-state index >= 15 is 0 Å². The smallest absolute Gasteiger partial charge is 0.410 e. The van der Waals surface area contributed by atoms with Gasteiger partial charge in [0.2, 0.25) is 0 Å². The van der Waals surface area contributed by atoms with Gasteiger partial charge in [0.05, 0.1) is 6.04 Å². The van der Waals surface area contributed by atoms with E-state index in [-0.39, 0.29) is 31.6 Å². The summed E-state index contributed by atoms with van der Waals surface area (Å²) in [5.74, 6) is -0.457. The Balaban J connectivity index is 1.40. The Morgan fingerprint density at radius 1 is 1.07 bits per heavy atom. The zero-order chi connectivity index (χ0) is 30.4. The molecular formula is C33H39FN2O6. The third-order valence-electron chi connectivity index (χ3n) is 7.04. The number of amides is 1. The molecule has 0 saturated carbocycles. The largest absolute Gasteiger partial charge is 0.491 e. The number of carbonyl (C=O) groups excluding carboxylic acids is 1. The second-order valence-electron chi connectivity index (χ2n) is 11.6. The van der Waals surface area contributed by atoms with Crippen LogP contribution >= 0.6 is 0 Å². The number of aliphatic carboxylic acids is 1. The fourth-order valence-corrected chi connectivity index (χ4v) is 5.07. The van der Waals surface area contributed by atoms with Crippen LogP contribution in [-0.2, 0) is 22.6 Å². The number of benzene rings is 3. The standard InChI is InChI=1S/C33H39FN2O6/c1-21-15-27(41-20-25-9-6-14-36(25)32(39)42-33(2,3)4)18-29(35)31(21)24-8-5-7-22(16-24)19-40-26-12-10-23(28(34)17-26)11-13-30(37)38/h5,7-8,10,12,15-18,25H,6,9,11,13-14,19-20,35H2,1-4H3,(H,37,38)/t25-/m0/s1. The summed E-state index contributed by atoms with van der Waals surface area (Å²) in [5.41, 5.74) is 10.5. The van der Waals surface area contributed by atoms with E-state index in [1.165, 1.54) is 6.07 Å². The minimum atomic E-state index is -0.969. The minimum Gasteiger partial charge on any atom is -0.491 e. The molecule has 1 saturated heterocycles.